The molecule has 1 fully saturated rings. The summed E-state index contributed by atoms with van der Waals surface area (Å²) in [4.78, 5) is 23.3. The van der Waals surface area contributed by atoms with Crippen LogP contribution in [0.1, 0.15) is 44.0 Å². The first kappa shape index (κ1) is 18.6. The number of rotatable bonds is 3. The summed E-state index contributed by atoms with van der Waals surface area (Å²) in [5, 5.41) is 0.885. The number of hydrogen-bond acceptors (Lipinski definition) is 4. The van der Waals surface area contributed by atoms with Crippen LogP contribution in [0.3, 0.4) is 0 Å². The molecule has 29 heavy (non-hydrogen) atoms. The van der Waals surface area contributed by atoms with Crippen LogP contribution >= 0.6 is 23.2 Å². The average Bonchev–Trinajstić information content (AvgIpc) is 3.08. The third-order valence-corrected chi connectivity index (χ3v) is 7.45. The second kappa shape index (κ2) is 6.31. The molecule has 5 rings (SSSR count). The van der Waals surface area contributed by atoms with E-state index in [0.29, 0.717) is 21.1 Å². The topological polar surface area (TPSA) is 66.9 Å². The molecule has 0 saturated heterocycles. The van der Waals surface area contributed by atoms with Crippen molar-refractivity contribution < 1.29 is 4.79 Å². The molecule has 0 radical (unpaired) electrons. The van der Waals surface area contributed by atoms with Crippen molar-refractivity contribution in [1.29, 1.82) is 0 Å². The van der Waals surface area contributed by atoms with Gasteiger partial charge in [-0.2, -0.15) is 0 Å². The number of carbonyl (C=O) groups is 1. The first-order valence-electron chi connectivity index (χ1n) is 9.63. The van der Waals surface area contributed by atoms with Crippen LogP contribution in [0, 0.1) is 5.41 Å². The maximum Gasteiger partial charge on any atom is 0.251 e. The Morgan fingerprint density at radius 1 is 1.07 bits per heavy atom. The van der Waals surface area contributed by atoms with Crippen molar-refractivity contribution in [3.8, 4) is 0 Å². The average molecular weight is 427 g/mol. The summed E-state index contributed by atoms with van der Waals surface area (Å²) in [5.41, 5.74) is 8.76. The maximum atomic E-state index is 13.5. The summed E-state index contributed by atoms with van der Waals surface area (Å²) in [6.45, 7) is 4.28. The Labute approximate surface area is 178 Å². The summed E-state index contributed by atoms with van der Waals surface area (Å²) in [6.07, 6.45) is 1.64. The highest BCUT2D eigenvalue weighted by molar-refractivity contribution is 6.42. The fraction of sp³-hybridized carbons (Fsp3) is 0.318. The van der Waals surface area contributed by atoms with Gasteiger partial charge in [0.05, 0.1) is 38.2 Å². The van der Waals surface area contributed by atoms with Gasteiger partial charge in [0.2, 0.25) is 0 Å². The van der Waals surface area contributed by atoms with E-state index in [4.69, 9.17) is 33.2 Å². The number of anilines is 1. The molecule has 3 aromatic rings. The highest BCUT2D eigenvalue weighted by Gasteiger charge is 2.68. The normalized spacial score (nSPS) is 23.8. The minimum absolute atomic E-state index is 0.0821. The molecule has 2 unspecified atom stereocenters. The fourth-order valence-electron chi connectivity index (χ4n) is 5.14. The van der Waals surface area contributed by atoms with Crippen molar-refractivity contribution in [1.82, 2.24) is 15.4 Å². The van der Waals surface area contributed by atoms with Crippen LogP contribution in [-0.4, -0.2) is 15.9 Å². The predicted octanol–water partition coefficient (Wildman–Crippen LogP) is 5.23. The largest absolute Gasteiger partial charge is 0.299 e. The number of aromatic nitrogens is 2. The van der Waals surface area contributed by atoms with Gasteiger partial charge in [0.25, 0.3) is 5.91 Å². The predicted molar refractivity (Wildman–Crippen MR) is 115 cm³/mol. The van der Waals surface area contributed by atoms with E-state index in [1.54, 1.807) is 12.1 Å². The summed E-state index contributed by atoms with van der Waals surface area (Å²) in [6, 6.07) is 13.0. The van der Waals surface area contributed by atoms with Gasteiger partial charge in [-0.1, -0.05) is 55.2 Å². The molecule has 2 N–H and O–H groups in total. The van der Waals surface area contributed by atoms with Crippen LogP contribution in [0.5, 0.6) is 0 Å². The second-order valence-corrected chi connectivity index (χ2v) is 9.19. The molecule has 2 atom stereocenters. The smallest absolute Gasteiger partial charge is 0.251 e. The van der Waals surface area contributed by atoms with Crippen molar-refractivity contribution in [2.24, 2.45) is 5.41 Å². The highest BCUT2D eigenvalue weighted by atomic mass is 35.5. The Balaban J connectivity index is 1.60. The lowest BCUT2D eigenvalue weighted by atomic mass is 9.68. The first-order chi connectivity index (χ1) is 13.8. The summed E-state index contributed by atoms with van der Waals surface area (Å²) in [5.74, 6) is 0.0904. The third-order valence-electron chi connectivity index (χ3n) is 6.73. The lowest BCUT2D eigenvalue weighted by Gasteiger charge is -2.36. The lowest BCUT2D eigenvalue weighted by Crippen LogP contribution is -2.51. The van der Waals surface area contributed by atoms with E-state index in [9.17, 15) is 4.79 Å². The summed E-state index contributed by atoms with van der Waals surface area (Å²) < 4.78 is 0. The number of hydrazine groups is 1. The molecule has 1 heterocycles. The van der Waals surface area contributed by atoms with E-state index in [2.05, 4.69) is 24.7 Å². The third kappa shape index (κ3) is 2.50. The van der Waals surface area contributed by atoms with Gasteiger partial charge in [0.15, 0.2) is 0 Å². The van der Waals surface area contributed by atoms with Gasteiger partial charge in [-0.25, -0.2) is 9.97 Å². The molecule has 0 aliphatic heterocycles. The number of hydrogen-bond donors (Lipinski definition) is 2. The van der Waals surface area contributed by atoms with Crippen LogP contribution in [0.15, 0.2) is 42.5 Å². The van der Waals surface area contributed by atoms with Crippen molar-refractivity contribution in [3.05, 3.63) is 63.9 Å². The Hall–Kier alpha value is -2.37. The molecule has 148 valence electrons. The summed E-state index contributed by atoms with van der Waals surface area (Å²) in [7, 11) is 0. The van der Waals surface area contributed by atoms with Gasteiger partial charge in [-0.3, -0.25) is 15.6 Å². The van der Waals surface area contributed by atoms with Crippen LogP contribution in [0.4, 0.5) is 5.69 Å². The van der Waals surface area contributed by atoms with Gasteiger partial charge < -0.3 is 0 Å². The number of fused-ring (bicyclic) bond motifs is 6. The summed E-state index contributed by atoms with van der Waals surface area (Å²) >= 11 is 12.4. The molecule has 7 heteroatoms. The van der Waals surface area contributed by atoms with Crippen molar-refractivity contribution in [3.63, 3.8) is 0 Å². The number of benzene rings is 2. The van der Waals surface area contributed by atoms with E-state index in [1.165, 1.54) is 0 Å². The van der Waals surface area contributed by atoms with E-state index in [0.717, 1.165) is 29.9 Å². The molecule has 2 aliphatic rings. The molecular weight excluding hydrogens is 407 g/mol. The zero-order valence-corrected chi connectivity index (χ0v) is 17.6. The first-order valence-corrected chi connectivity index (χ1v) is 10.4. The van der Waals surface area contributed by atoms with Crippen LogP contribution in [0.25, 0.3) is 11.0 Å². The van der Waals surface area contributed by atoms with E-state index < -0.39 is 5.41 Å². The van der Waals surface area contributed by atoms with E-state index in [1.807, 2.05) is 30.3 Å². The minimum Gasteiger partial charge on any atom is -0.299 e. The Bertz CT molecular complexity index is 1150. The molecule has 1 saturated carbocycles. The van der Waals surface area contributed by atoms with Crippen LogP contribution in [0.2, 0.25) is 10.0 Å². The SMILES string of the molecule is CC1(C)C2CCC1(C(=O)NNc1ccccc1)c1nc3cc(Cl)c(Cl)cc3nc12. The standard InChI is InChI=1S/C22H20Cl2N4O/c1-21(2)13-8-9-22(21,20(29)28-27-12-6-4-3-5-7-12)19-18(13)25-16-10-14(23)15(24)11-17(16)26-19/h3-7,10-11,13,27H,8-9H2,1-2H3,(H,28,29). The number of nitrogens with one attached hydrogen (secondary N) is 2. The number of amides is 1. The van der Waals surface area contributed by atoms with Gasteiger partial charge in [-0.05, 0) is 42.5 Å². The monoisotopic (exact) mass is 426 g/mol. The Kier molecular flexibility index (Phi) is 4.06. The Morgan fingerprint density at radius 3 is 2.41 bits per heavy atom. The molecular formula is C22H20Cl2N4O. The fourth-order valence-corrected chi connectivity index (χ4v) is 5.45. The van der Waals surface area contributed by atoms with Gasteiger partial charge in [-0.15, -0.1) is 0 Å². The Morgan fingerprint density at radius 2 is 1.72 bits per heavy atom. The lowest BCUT2D eigenvalue weighted by molar-refractivity contribution is -0.129. The van der Waals surface area contributed by atoms with Crippen molar-refractivity contribution in [2.75, 3.05) is 5.43 Å². The molecule has 2 aliphatic carbocycles. The number of para-hydroxylation sites is 1. The van der Waals surface area contributed by atoms with Gasteiger partial charge in [0, 0.05) is 5.92 Å². The van der Waals surface area contributed by atoms with Crippen molar-refractivity contribution >= 4 is 45.8 Å². The van der Waals surface area contributed by atoms with Gasteiger partial charge >= 0.3 is 0 Å². The highest BCUT2D eigenvalue weighted by Crippen LogP contribution is 2.67. The minimum atomic E-state index is -0.748. The van der Waals surface area contributed by atoms with Gasteiger partial charge in [0.1, 0.15) is 5.41 Å². The van der Waals surface area contributed by atoms with Crippen LogP contribution < -0.4 is 10.9 Å². The molecule has 1 aromatic heterocycles. The van der Waals surface area contributed by atoms with Crippen LogP contribution in [-0.2, 0) is 10.2 Å². The number of carbonyl (C=O) groups excluding carboxylic acids is 1. The van der Waals surface area contributed by atoms with Crippen molar-refractivity contribution in [2.45, 2.75) is 38.0 Å². The van der Waals surface area contributed by atoms with E-state index >= 15 is 0 Å². The molecule has 2 bridgehead atoms. The quantitative estimate of drug-likeness (QED) is 0.562. The maximum absolute atomic E-state index is 13.5. The zero-order chi connectivity index (χ0) is 20.4. The molecule has 1 amide bonds. The zero-order valence-electron chi connectivity index (χ0n) is 16.1. The number of nitrogens with zero attached hydrogens (tertiary/aromatic N) is 2. The second-order valence-electron chi connectivity index (χ2n) is 8.38. The molecule has 0 spiro atoms. The molecule has 2 aromatic carbocycles. The molecule has 5 nitrogen and oxygen atoms in total. The van der Waals surface area contributed by atoms with E-state index in [-0.39, 0.29) is 17.2 Å². The number of halogens is 2.